The number of hydrogen-bond donors (Lipinski definition) is 1. The smallest absolute Gasteiger partial charge is 0.332 e. The number of hydrogen-bond acceptors (Lipinski definition) is 8. The first-order valence-electron chi connectivity index (χ1n) is 11.0. The summed E-state index contributed by atoms with van der Waals surface area (Å²) in [6, 6.07) is 13.2. The van der Waals surface area contributed by atoms with Gasteiger partial charge in [0.1, 0.15) is 17.1 Å². The van der Waals surface area contributed by atoms with E-state index >= 15 is 0 Å². The highest BCUT2D eigenvalue weighted by Gasteiger charge is 2.23. The van der Waals surface area contributed by atoms with Crippen molar-refractivity contribution in [3.05, 3.63) is 80.9 Å². The Kier molecular flexibility index (Phi) is 7.06. The lowest BCUT2D eigenvalue weighted by molar-refractivity contribution is 0.102. The molecule has 0 bridgehead atoms. The van der Waals surface area contributed by atoms with Crippen LogP contribution in [0.5, 0.6) is 0 Å². The molecule has 3 heterocycles. The van der Waals surface area contributed by atoms with Gasteiger partial charge in [0.05, 0.1) is 18.6 Å². The summed E-state index contributed by atoms with van der Waals surface area (Å²) in [5.74, 6) is 0.719. The zero-order valence-electron chi connectivity index (χ0n) is 19.7. The van der Waals surface area contributed by atoms with E-state index in [0.717, 1.165) is 21.9 Å². The van der Waals surface area contributed by atoms with E-state index in [1.54, 1.807) is 12.3 Å². The molecule has 0 amide bonds. The molecule has 0 aliphatic heterocycles. The maximum absolute atomic E-state index is 13.2. The fourth-order valence-electron chi connectivity index (χ4n) is 3.69. The summed E-state index contributed by atoms with van der Waals surface area (Å²) < 4.78 is 9.55. The number of rotatable bonds is 9. The molecule has 11 heteroatoms. The van der Waals surface area contributed by atoms with Gasteiger partial charge in [-0.2, -0.15) is 0 Å². The average molecular weight is 495 g/mol. The molecular formula is C24H26N6O4S. The highest BCUT2D eigenvalue weighted by Crippen LogP contribution is 2.26. The number of aromatic nitrogens is 5. The van der Waals surface area contributed by atoms with Crippen LogP contribution < -0.4 is 17.0 Å². The number of carbonyl (C=O) groups excluding carboxylic acids is 1. The standard InChI is InChI=1S/C24H26N6O4S/c1-15(2)12-29-20(25)19(22(32)28(3)24(29)33)18(31)14-35-23-27-26-21(16-8-5-4-6-9-16)30(23)13-17-10-7-11-34-17/h4-11,15H,12-14,25H2,1-3H3. The summed E-state index contributed by atoms with van der Waals surface area (Å²) in [4.78, 5) is 38.5. The minimum atomic E-state index is -0.708. The number of nitrogen functional groups attached to an aromatic ring is 1. The summed E-state index contributed by atoms with van der Waals surface area (Å²) in [6.07, 6.45) is 1.59. The van der Waals surface area contributed by atoms with Gasteiger partial charge in [0.2, 0.25) is 0 Å². The molecule has 3 aromatic heterocycles. The SMILES string of the molecule is CC(C)Cn1c(N)c(C(=O)CSc2nnc(-c3ccccc3)n2Cc2ccco2)c(=O)n(C)c1=O. The molecule has 0 aliphatic rings. The maximum Gasteiger partial charge on any atom is 0.332 e. The van der Waals surface area contributed by atoms with Crippen LogP contribution in [0.1, 0.15) is 30.0 Å². The molecule has 0 saturated heterocycles. The van der Waals surface area contributed by atoms with Crippen LogP contribution in [0, 0.1) is 5.92 Å². The molecule has 10 nitrogen and oxygen atoms in total. The third-order valence-corrected chi connectivity index (χ3v) is 6.35. The molecule has 0 aliphatic carbocycles. The van der Waals surface area contributed by atoms with Crippen molar-refractivity contribution in [2.24, 2.45) is 13.0 Å². The van der Waals surface area contributed by atoms with Gasteiger partial charge in [0.15, 0.2) is 16.8 Å². The van der Waals surface area contributed by atoms with Crippen LogP contribution in [0.15, 0.2) is 67.9 Å². The second kappa shape index (κ2) is 10.2. The molecule has 1 aromatic carbocycles. The molecular weight excluding hydrogens is 468 g/mol. The van der Waals surface area contributed by atoms with Gasteiger partial charge < -0.3 is 10.2 Å². The van der Waals surface area contributed by atoms with Crippen molar-refractivity contribution in [2.45, 2.75) is 32.1 Å². The van der Waals surface area contributed by atoms with E-state index in [4.69, 9.17) is 10.2 Å². The first-order chi connectivity index (χ1) is 16.8. The number of Topliss-reactive ketones (excluding diaryl/α,β-unsaturated/α-hetero) is 1. The Morgan fingerprint density at radius 1 is 1.09 bits per heavy atom. The number of furan rings is 1. The molecule has 0 saturated carbocycles. The zero-order valence-corrected chi connectivity index (χ0v) is 20.5. The van der Waals surface area contributed by atoms with Crippen LogP contribution in [-0.4, -0.2) is 35.4 Å². The Morgan fingerprint density at radius 2 is 1.83 bits per heavy atom. The largest absolute Gasteiger partial charge is 0.467 e. The lowest BCUT2D eigenvalue weighted by Crippen LogP contribution is -2.43. The predicted octanol–water partition coefficient (Wildman–Crippen LogP) is 2.66. The van der Waals surface area contributed by atoms with Crippen molar-refractivity contribution in [1.82, 2.24) is 23.9 Å². The van der Waals surface area contributed by atoms with Gasteiger partial charge in [-0.1, -0.05) is 55.9 Å². The molecule has 35 heavy (non-hydrogen) atoms. The summed E-state index contributed by atoms with van der Waals surface area (Å²) in [7, 11) is 1.34. The molecule has 0 fully saturated rings. The van der Waals surface area contributed by atoms with Crippen LogP contribution in [0.4, 0.5) is 5.82 Å². The number of nitrogens with two attached hydrogens (primary N) is 1. The summed E-state index contributed by atoms with van der Waals surface area (Å²) >= 11 is 1.14. The quantitative estimate of drug-likeness (QED) is 0.278. The van der Waals surface area contributed by atoms with Crippen LogP contribution in [-0.2, 0) is 20.1 Å². The second-order valence-corrected chi connectivity index (χ2v) is 9.40. The Balaban J connectivity index is 1.66. The van der Waals surface area contributed by atoms with E-state index < -0.39 is 17.0 Å². The molecule has 0 spiro atoms. The molecule has 4 aromatic rings. The molecule has 182 valence electrons. The predicted molar refractivity (Wildman–Crippen MR) is 134 cm³/mol. The summed E-state index contributed by atoms with van der Waals surface area (Å²) in [6.45, 7) is 4.50. The van der Waals surface area contributed by atoms with E-state index in [2.05, 4.69) is 10.2 Å². The van der Waals surface area contributed by atoms with Crippen molar-refractivity contribution >= 4 is 23.4 Å². The van der Waals surface area contributed by atoms with E-state index in [0.29, 0.717) is 29.8 Å². The number of thioether (sulfide) groups is 1. The van der Waals surface area contributed by atoms with Gasteiger partial charge in [-0.25, -0.2) is 4.79 Å². The molecule has 0 atom stereocenters. The highest BCUT2D eigenvalue weighted by atomic mass is 32.2. The van der Waals surface area contributed by atoms with Crippen molar-refractivity contribution in [3.8, 4) is 11.4 Å². The van der Waals surface area contributed by atoms with E-state index in [1.807, 2.05) is 54.8 Å². The van der Waals surface area contributed by atoms with Crippen LogP contribution >= 0.6 is 11.8 Å². The fraction of sp³-hybridized carbons (Fsp3) is 0.292. The number of nitrogens with zero attached hydrogens (tertiary/aromatic N) is 5. The Labute approximate surface area is 205 Å². The monoisotopic (exact) mass is 494 g/mol. The Hall–Kier alpha value is -3.86. The van der Waals surface area contributed by atoms with Crippen LogP contribution in [0.3, 0.4) is 0 Å². The van der Waals surface area contributed by atoms with Crippen molar-refractivity contribution in [3.63, 3.8) is 0 Å². The van der Waals surface area contributed by atoms with E-state index in [9.17, 15) is 14.4 Å². The maximum atomic E-state index is 13.2. The summed E-state index contributed by atoms with van der Waals surface area (Å²) in [5, 5.41) is 9.10. The number of anilines is 1. The molecule has 0 unspecified atom stereocenters. The number of carbonyl (C=O) groups is 1. The third-order valence-electron chi connectivity index (χ3n) is 5.39. The lowest BCUT2D eigenvalue weighted by atomic mass is 10.2. The van der Waals surface area contributed by atoms with Gasteiger partial charge in [-0.3, -0.25) is 23.3 Å². The minimum Gasteiger partial charge on any atom is -0.467 e. The summed E-state index contributed by atoms with van der Waals surface area (Å²) in [5.41, 5.74) is 5.56. The van der Waals surface area contributed by atoms with Crippen LogP contribution in [0.2, 0.25) is 0 Å². The van der Waals surface area contributed by atoms with E-state index in [-0.39, 0.29) is 23.1 Å². The van der Waals surface area contributed by atoms with Gasteiger partial charge in [0.25, 0.3) is 5.56 Å². The third kappa shape index (κ3) is 4.99. The molecule has 2 N–H and O–H groups in total. The number of benzene rings is 1. The normalized spacial score (nSPS) is 11.3. The van der Waals surface area contributed by atoms with Gasteiger partial charge >= 0.3 is 5.69 Å². The zero-order chi connectivity index (χ0) is 25.1. The Bertz CT molecular complexity index is 1450. The number of ketones is 1. The molecule has 0 radical (unpaired) electrons. The molecule has 4 rings (SSSR count). The van der Waals surface area contributed by atoms with Crippen molar-refractivity contribution in [2.75, 3.05) is 11.5 Å². The minimum absolute atomic E-state index is 0.0985. The average Bonchev–Trinajstić information content (AvgIpc) is 3.50. The fourth-order valence-corrected chi connectivity index (χ4v) is 4.50. The van der Waals surface area contributed by atoms with Crippen molar-refractivity contribution < 1.29 is 9.21 Å². The van der Waals surface area contributed by atoms with Gasteiger partial charge in [-0.15, -0.1) is 10.2 Å². The Morgan fingerprint density at radius 3 is 2.49 bits per heavy atom. The highest BCUT2D eigenvalue weighted by molar-refractivity contribution is 7.99. The topological polar surface area (TPSA) is 131 Å². The van der Waals surface area contributed by atoms with Gasteiger partial charge in [-0.05, 0) is 18.1 Å². The lowest BCUT2D eigenvalue weighted by Gasteiger charge is -2.16. The van der Waals surface area contributed by atoms with Gasteiger partial charge in [0, 0.05) is 19.2 Å². The van der Waals surface area contributed by atoms with Crippen molar-refractivity contribution in [1.29, 1.82) is 0 Å². The second-order valence-electron chi connectivity index (χ2n) is 8.46. The first-order valence-corrected chi connectivity index (χ1v) is 12.0. The van der Waals surface area contributed by atoms with E-state index in [1.165, 1.54) is 11.6 Å². The van der Waals surface area contributed by atoms with Crippen LogP contribution in [0.25, 0.3) is 11.4 Å². The first kappa shape index (κ1) is 24.3.